The largest absolute Gasteiger partial charge is 0.398 e. The summed E-state index contributed by atoms with van der Waals surface area (Å²) in [7, 11) is 0. The minimum Gasteiger partial charge on any atom is -0.398 e. The van der Waals surface area contributed by atoms with Crippen molar-refractivity contribution in [2.75, 3.05) is 5.73 Å². The quantitative estimate of drug-likeness (QED) is 0.650. The van der Waals surface area contributed by atoms with Gasteiger partial charge in [-0.25, -0.2) is 0 Å². The summed E-state index contributed by atoms with van der Waals surface area (Å²) in [5, 5.41) is 4.68. The van der Waals surface area contributed by atoms with Crippen LogP contribution in [0.2, 0.25) is 0 Å². The van der Waals surface area contributed by atoms with E-state index in [4.69, 9.17) is 10.3 Å². The molecule has 0 bridgehead atoms. The second-order valence-electron chi connectivity index (χ2n) is 4.52. The number of benzene rings is 1. The van der Waals surface area contributed by atoms with Gasteiger partial charge in [0.05, 0.1) is 11.6 Å². The third kappa shape index (κ3) is 1.25. The van der Waals surface area contributed by atoms with Gasteiger partial charge in [0, 0.05) is 11.3 Å². The summed E-state index contributed by atoms with van der Waals surface area (Å²) in [4.78, 5) is 0. The minimum atomic E-state index is 0.0471. The molecule has 3 heteroatoms. The summed E-state index contributed by atoms with van der Waals surface area (Å²) < 4.78 is 5.23. The highest BCUT2D eigenvalue weighted by atomic mass is 16.5. The number of nitrogens with two attached hydrogens (primary N) is 1. The second kappa shape index (κ2) is 2.74. The molecule has 0 aliphatic carbocycles. The maximum Gasteiger partial charge on any atom is 0.172 e. The average molecular weight is 190 g/mol. The molecule has 3 nitrogen and oxygen atoms in total. The lowest BCUT2D eigenvalue weighted by atomic mass is 9.86. The van der Waals surface area contributed by atoms with Crippen LogP contribution in [0.3, 0.4) is 0 Å². The second-order valence-corrected chi connectivity index (χ2v) is 4.52. The monoisotopic (exact) mass is 190 g/mol. The zero-order valence-corrected chi connectivity index (χ0v) is 8.66. The van der Waals surface area contributed by atoms with Gasteiger partial charge >= 0.3 is 0 Å². The molecule has 0 aliphatic rings. The summed E-state index contributed by atoms with van der Waals surface area (Å²) in [6.45, 7) is 6.42. The van der Waals surface area contributed by atoms with E-state index in [1.807, 2.05) is 12.1 Å². The predicted octanol–water partition coefficient (Wildman–Crippen LogP) is 2.71. The van der Waals surface area contributed by atoms with E-state index in [0.717, 1.165) is 16.5 Å². The van der Waals surface area contributed by atoms with Gasteiger partial charge < -0.3 is 10.3 Å². The number of rotatable bonds is 0. The maximum atomic E-state index is 5.81. The highest BCUT2D eigenvalue weighted by Crippen LogP contribution is 2.32. The smallest absolute Gasteiger partial charge is 0.172 e. The number of nitrogens with zero attached hydrogens (tertiary/aromatic N) is 1. The Morgan fingerprint density at radius 3 is 2.64 bits per heavy atom. The van der Waals surface area contributed by atoms with Crippen LogP contribution in [0, 0.1) is 0 Å². The Bertz CT molecular complexity index is 466. The highest BCUT2D eigenvalue weighted by Gasteiger charge is 2.20. The van der Waals surface area contributed by atoms with Gasteiger partial charge in [-0.2, -0.15) is 0 Å². The van der Waals surface area contributed by atoms with E-state index < -0.39 is 0 Å². The van der Waals surface area contributed by atoms with Crippen molar-refractivity contribution in [2.45, 2.75) is 26.2 Å². The molecule has 2 aromatic rings. The number of nitrogen functional groups attached to an aromatic ring is 1. The van der Waals surface area contributed by atoms with Crippen LogP contribution < -0.4 is 5.73 Å². The number of anilines is 1. The molecule has 0 radical (unpaired) electrons. The molecule has 14 heavy (non-hydrogen) atoms. The van der Waals surface area contributed by atoms with Crippen molar-refractivity contribution >= 4 is 16.7 Å². The van der Waals surface area contributed by atoms with Crippen molar-refractivity contribution in [2.24, 2.45) is 0 Å². The molecule has 0 fully saturated rings. The molecule has 0 saturated heterocycles. The summed E-state index contributed by atoms with van der Waals surface area (Å²) in [6.07, 6.45) is 1.67. The van der Waals surface area contributed by atoms with Crippen LogP contribution in [0.1, 0.15) is 26.3 Å². The molecule has 1 heterocycles. The van der Waals surface area contributed by atoms with E-state index in [1.54, 1.807) is 6.20 Å². The van der Waals surface area contributed by atoms with Crippen LogP contribution in [0.4, 0.5) is 5.69 Å². The standard InChI is InChI=1S/C11H14N2O/c1-11(2,3)8-4-5-9(12)7-6-13-14-10(7)8/h4-6H,12H2,1-3H3. The van der Waals surface area contributed by atoms with Gasteiger partial charge in [-0.05, 0) is 11.5 Å². The Hall–Kier alpha value is -1.51. The Kier molecular flexibility index (Phi) is 1.77. The van der Waals surface area contributed by atoms with Crippen molar-refractivity contribution in [3.63, 3.8) is 0 Å². The van der Waals surface area contributed by atoms with Crippen LogP contribution in [0.5, 0.6) is 0 Å². The number of aromatic nitrogens is 1. The molecule has 0 amide bonds. The van der Waals surface area contributed by atoms with E-state index in [0.29, 0.717) is 5.69 Å². The van der Waals surface area contributed by atoms with E-state index in [9.17, 15) is 0 Å². The normalized spacial score (nSPS) is 12.2. The van der Waals surface area contributed by atoms with Gasteiger partial charge in [0.2, 0.25) is 0 Å². The number of hydrogen-bond donors (Lipinski definition) is 1. The van der Waals surface area contributed by atoms with Crippen LogP contribution in [-0.2, 0) is 5.41 Å². The third-order valence-corrected chi connectivity index (χ3v) is 2.36. The van der Waals surface area contributed by atoms with Gasteiger partial charge in [-0.1, -0.05) is 32.0 Å². The van der Waals surface area contributed by atoms with Crippen LogP contribution >= 0.6 is 0 Å². The van der Waals surface area contributed by atoms with Crippen molar-refractivity contribution in [1.29, 1.82) is 0 Å². The van der Waals surface area contributed by atoms with Gasteiger partial charge in [-0.3, -0.25) is 0 Å². The van der Waals surface area contributed by atoms with Gasteiger partial charge in [0.1, 0.15) is 0 Å². The lowest BCUT2D eigenvalue weighted by molar-refractivity contribution is 0.446. The molecule has 0 spiro atoms. The lowest BCUT2D eigenvalue weighted by Gasteiger charge is -2.18. The first-order valence-corrected chi connectivity index (χ1v) is 4.63. The fourth-order valence-electron chi connectivity index (χ4n) is 1.57. The van der Waals surface area contributed by atoms with E-state index >= 15 is 0 Å². The SMILES string of the molecule is CC(C)(C)c1ccc(N)c2cnoc12. The summed E-state index contributed by atoms with van der Waals surface area (Å²) >= 11 is 0. The molecular formula is C11H14N2O. The molecule has 0 atom stereocenters. The van der Waals surface area contributed by atoms with Crippen molar-refractivity contribution in [3.05, 3.63) is 23.9 Å². The first-order valence-electron chi connectivity index (χ1n) is 4.63. The molecular weight excluding hydrogens is 176 g/mol. The van der Waals surface area contributed by atoms with Crippen molar-refractivity contribution in [3.8, 4) is 0 Å². The van der Waals surface area contributed by atoms with Crippen molar-refractivity contribution in [1.82, 2.24) is 5.16 Å². The third-order valence-electron chi connectivity index (χ3n) is 2.36. The Balaban J connectivity index is 2.80. The molecule has 0 aliphatic heterocycles. The minimum absolute atomic E-state index is 0.0471. The Morgan fingerprint density at radius 2 is 2.00 bits per heavy atom. The maximum absolute atomic E-state index is 5.81. The zero-order chi connectivity index (χ0) is 10.3. The summed E-state index contributed by atoms with van der Waals surface area (Å²) in [5.74, 6) is 0. The van der Waals surface area contributed by atoms with E-state index in [2.05, 4.69) is 25.9 Å². The van der Waals surface area contributed by atoms with Gasteiger partial charge in [0.25, 0.3) is 0 Å². The van der Waals surface area contributed by atoms with E-state index in [-0.39, 0.29) is 5.41 Å². The fraction of sp³-hybridized carbons (Fsp3) is 0.364. The molecule has 2 rings (SSSR count). The topological polar surface area (TPSA) is 52.0 Å². The molecule has 0 saturated carbocycles. The number of fused-ring (bicyclic) bond motifs is 1. The Morgan fingerprint density at radius 1 is 1.29 bits per heavy atom. The lowest BCUT2D eigenvalue weighted by Crippen LogP contribution is -2.11. The molecule has 0 unspecified atom stereocenters. The molecule has 2 N–H and O–H groups in total. The van der Waals surface area contributed by atoms with Crippen LogP contribution in [-0.4, -0.2) is 5.16 Å². The zero-order valence-electron chi connectivity index (χ0n) is 8.66. The van der Waals surface area contributed by atoms with Crippen LogP contribution in [0.15, 0.2) is 22.9 Å². The highest BCUT2D eigenvalue weighted by molar-refractivity contribution is 5.91. The van der Waals surface area contributed by atoms with E-state index in [1.165, 1.54) is 0 Å². The first kappa shape index (κ1) is 9.06. The first-order chi connectivity index (χ1) is 6.50. The molecule has 1 aromatic carbocycles. The number of hydrogen-bond acceptors (Lipinski definition) is 3. The van der Waals surface area contributed by atoms with Crippen molar-refractivity contribution < 1.29 is 4.52 Å². The van der Waals surface area contributed by atoms with Crippen LogP contribution in [0.25, 0.3) is 11.0 Å². The predicted molar refractivity (Wildman–Crippen MR) is 57.1 cm³/mol. The van der Waals surface area contributed by atoms with Gasteiger partial charge in [-0.15, -0.1) is 0 Å². The van der Waals surface area contributed by atoms with Gasteiger partial charge in [0.15, 0.2) is 5.58 Å². The summed E-state index contributed by atoms with van der Waals surface area (Å²) in [6, 6.07) is 3.91. The Labute approximate surface area is 82.9 Å². The molecule has 1 aromatic heterocycles. The molecule has 74 valence electrons. The summed E-state index contributed by atoms with van der Waals surface area (Å²) in [5.41, 5.74) is 8.52. The average Bonchev–Trinajstić information content (AvgIpc) is 2.50. The fourth-order valence-corrected chi connectivity index (χ4v) is 1.57.